The number of unbranched alkanes of at least 4 members (excludes halogenated alkanes) is 2. The minimum absolute atomic E-state index is 0.816. The van der Waals surface area contributed by atoms with Crippen molar-refractivity contribution in [2.75, 3.05) is 11.2 Å². The molecular weight excluding hydrogens is 211 g/mol. The van der Waals surface area contributed by atoms with Crippen molar-refractivity contribution in [3.8, 4) is 0 Å². The van der Waals surface area contributed by atoms with E-state index < -0.39 is 0 Å². The molecule has 0 spiro atoms. The third kappa shape index (κ3) is 23.3. The fourth-order valence-electron chi connectivity index (χ4n) is 0.267. The molecule has 0 aliphatic heterocycles. The molecule has 0 nitrogen and oxygen atoms in total. The van der Waals surface area contributed by atoms with Crippen LogP contribution in [-0.4, -0.2) is 11.2 Å². The average molecular weight is 230 g/mol. The zero-order valence-corrected chi connectivity index (χ0v) is 9.34. The molecule has 0 saturated heterocycles. The molecule has 0 unspecified atom stereocenters. The van der Waals surface area contributed by atoms with E-state index in [1.54, 1.807) is 0 Å². The molecule has 0 aromatic rings. The van der Waals surface area contributed by atoms with Crippen molar-refractivity contribution in [1.82, 2.24) is 0 Å². The number of rotatable bonds is 4. The Kier molecular flexibility index (Phi) is 21.9. The van der Waals surface area contributed by atoms with Crippen molar-refractivity contribution in [3.05, 3.63) is 0 Å². The molecule has 0 radical (unpaired) electrons. The summed E-state index contributed by atoms with van der Waals surface area (Å²) in [6.07, 6.45) is 4.97. The minimum Gasteiger partial charge on any atom is -0.127 e. The Labute approximate surface area is 78.5 Å². The van der Waals surface area contributed by atoms with Gasteiger partial charge < -0.3 is 0 Å². The van der Waals surface area contributed by atoms with Gasteiger partial charge in [0.25, 0.3) is 0 Å². The van der Waals surface area contributed by atoms with Crippen molar-refractivity contribution < 1.29 is 0 Å². The Hall–Kier alpha value is 0.770. The summed E-state index contributed by atoms with van der Waals surface area (Å²) in [6.45, 7) is 4.31. The Morgan fingerprint density at radius 2 is 1.60 bits per heavy atom. The fraction of sp³-hybridized carbons (Fsp3) is 1.00. The van der Waals surface area contributed by atoms with Crippen LogP contribution in [0, 0.1) is 0 Å². The SMILES string of the molecule is CCCCBr.CCCCCl. The second kappa shape index (κ2) is 16.4. The van der Waals surface area contributed by atoms with E-state index in [4.69, 9.17) is 11.6 Å². The molecular formula is C8H18BrCl. The van der Waals surface area contributed by atoms with Crippen LogP contribution >= 0.6 is 27.5 Å². The maximum absolute atomic E-state index is 5.30. The predicted octanol–water partition coefficient (Wildman–Crippen LogP) is 4.21. The fourth-order valence-corrected chi connectivity index (χ4v) is 1.10. The topological polar surface area (TPSA) is 0 Å². The molecule has 0 aliphatic carbocycles. The second-order valence-electron chi connectivity index (χ2n) is 2.09. The largest absolute Gasteiger partial charge is 0.127 e. The van der Waals surface area contributed by atoms with E-state index in [1.165, 1.54) is 19.3 Å². The number of hydrogen-bond donors (Lipinski definition) is 0. The third-order valence-corrected chi connectivity index (χ3v) is 1.80. The van der Waals surface area contributed by atoms with Gasteiger partial charge in [-0.2, -0.15) is 0 Å². The van der Waals surface area contributed by atoms with E-state index in [1.807, 2.05) is 0 Å². The van der Waals surface area contributed by atoms with Crippen LogP contribution in [0.2, 0.25) is 0 Å². The molecule has 0 saturated carbocycles. The van der Waals surface area contributed by atoms with E-state index in [2.05, 4.69) is 29.8 Å². The Morgan fingerprint density at radius 1 is 1.10 bits per heavy atom. The standard InChI is InChI=1S/C4H9Br.C4H9Cl/c2*1-2-3-4-5/h2*2-4H2,1H3. The monoisotopic (exact) mass is 228 g/mol. The first kappa shape index (κ1) is 13.4. The summed E-state index contributed by atoms with van der Waals surface area (Å²) in [6, 6.07) is 0. The summed E-state index contributed by atoms with van der Waals surface area (Å²) >= 11 is 8.61. The van der Waals surface area contributed by atoms with Crippen LogP contribution in [0.5, 0.6) is 0 Å². The first-order valence-electron chi connectivity index (χ1n) is 3.95. The van der Waals surface area contributed by atoms with Gasteiger partial charge in [0.15, 0.2) is 0 Å². The van der Waals surface area contributed by atoms with Gasteiger partial charge in [-0.1, -0.05) is 42.6 Å². The zero-order chi connectivity index (χ0) is 8.24. The van der Waals surface area contributed by atoms with Crippen molar-refractivity contribution in [1.29, 1.82) is 0 Å². The van der Waals surface area contributed by atoms with Gasteiger partial charge in [-0.05, 0) is 12.8 Å². The number of hydrogen-bond acceptors (Lipinski definition) is 0. The lowest BCUT2D eigenvalue weighted by Crippen LogP contribution is -1.65. The van der Waals surface area contributed by atoms with Gasteiger partial charge in [0.1, 0.15) is 0 Å². The molecule has 0 atom stereocenters. The van der Waals surface area contributed by atoms with Crippen LogP contribution in [0.4, 0.5) is 0 Å². The van der Waals surface area contributed by atoms with Crippen LogP contribution in [-0.2, 0) is 0 Å². The summed E-state index contributed by atoms with van der Waals surface area (Å²) in [4.78, 5) is 0. The highest BCUT2D eigenvalue weighted by Gasteiger charge is 1.70. The highest BCUT2D eigenvalue weighted by atomic mass is 79.9. The molecule has 0 fully saturated rings. The average Bonchev–Trinajstić information content (AvgIpc) is 1.93. The van der Waals surface area contributed by atoms with Crippen LogP contribution in [0.15, 0.2) is 0 Å². The molecule has 0 N–H and O–H groups in total. The van der Waals surface area contributed by atoms with E-state index in [9.17, 15) is 0 Å². The first-order chi connectivity index (χ1) is 4.83. The van der Waals surface area contributed by atoms with Gasteiger partial charge in [-0.3, -0.25) is 0 Å². The maximum Gasteiger partial charge on any atom is 0.0223 e. The molecule has 0 aliphatic rings. The molecule has 0 aromatic carbocycles. The summed E-state index contributed by atoms with van der Waals surface area (Å²) in [5.41, 5.74) is 0. The summed E-state index contributed by atoms with van der Waals surface area (Å²) in [5.74, 6) is 0.816. The van der Waals surface area contributed by atoms with Gasteiger partial charge in [0, 0.05) is 11.2 Å². The van der Waals surface area contributed by atoms with E-state index in [-0.39, 0.29) is 0 Å². The first-order valence-corrected chi connectivity index (χ1v) is 5.60. The molecule has 2 heteroatoms. The summed E-state index contributed by atoms with van der Waals surface area (Å²) in [7, 11) is 0. The normalized spacial score (nSPS) is 8.40. The van der Waals surface area contributed by atoms with Crippen molar-refractivity contribution in [3.63, 3.8) is 0 Å². The Bertz CT molecular complexity index is 30.2. The quantitative estimate of drug-likeness (QED) is 0.634. The lowest BCUT2D eigenvalue weighted by Gasteiger charge is -1.77. The lowest BCUT2D eigenvalue weighted by atomic mass is 10.4. The van der Waals surface area contributed by atoms with Crippen LogP contribution in [0.3, 0.4) is 0 Å². The molecule has 0 bridgehead atoms. The zero-order valence-electron chi connectivity index (χ0n) is 7.00. The highest BCUT2D eigenvalue weighted by molar-refractivity contribution is 9.09. The highest BCUT2D eigenvalue weighted by Crippen LogP contribution is 1.89. The van der Waals surface area contributed by atoms with Gasteiger partial charge in [0.2, 0.25) is 0 Å². The summed E-state index contributed by atoms with van der Waals surface area (Å²) < 4.78 is 0. The Balaban J connectivity index is 0. The predicted molar refractivity (Wildman–Crippen MR) is 54.3 cm³/mol. The second-order valence-corrected chi connectivity index (χ2v) is 3.26. The maximum atomic E-state index is 5.30. The molecule has 0 heterocycles. The number of halogens is 2. The summed E-state index contributed by atoms with van der Waals surface area (Å²) in [5, 5.41) is 1.16. The minimum atomic E-state index is 0.816. The van der Waals surface area contributed by atoms with E-state index in [0.717, 1.165) is 17.6 Å². The van der Waals surface area contributed by atoms with E-state index in [0.29, 0.717) is 0 Å². The molecule has 0 aromatic heterocycles. The van der Waals surface area contributed by atoms with Crippen LogP contribution in [0.1, 0.15) is 39.5 Å². The third-order valence-electron chi connectivity index (χ3n) is 0.974. The van der Waals surface area contributed by atoms with Gasteiger partial charge in [0.05, 0.1) is 0 Å². The molecule has 0 amide bonds. The van der Waals surface area contributed by atoms with Crippen molar-refractivity contribution >= 4 is 27.5 Å². The van der Waals surface area contributed by atoms with Gasteiger partial charge >= 0.3 is 0 Å². The van der Waals surface area contributed by atoms with Gasteiger partial charge in [-0.25, -0.2) is 0 Å². The molecule has 10 heavy (non-hydrogen) atoms. The lowest BCUT2D eigenvalue weighted by molar-refractivity contribution is 0.892. The van der Waals surface area contributed by atoms with Crippen LogP contribution < -0.4 is 0 Å². The van der Waals surface area contributed by atoms with E-state index >= 15 is 0 Å². The molecule has 0 rings (SSSR count). The molecule has 64 valence electrons. The van der Waals surface area contributed by atoms with Crippen LogP contribution in [0.25, 0.3) is 0 Å². The van der Waals surface area contributed by atoms with Gasteiger partial charge in [-0.15, -0.1) is 11.6 Å². The smallest absolute Gasteiger partial charge is 0.0223 e. The van der Waals surface area contributed by atoms with Crippen molar-refractivity contribution in [2.45, 2.75) is 39.5 Å². The Morgan fingerprint density at radius 3 is 1.60 bits per heavy atom. The van der Waals surface area contributed by atoms with Crippen molar-refractivity contribution in [2.24, 2.45) is 0 Å². The number of alkyl halides is 2.